The second kappa shape index (κ2) is 7.22. The Morgan fingerprint density at radius 1 is 1.30 bits per heavy atom. The molecule has 0 bridgehead atoms. The molecule has 2 rings (SSSR count). The molecule has 0 radical (unpaired) electrons. The van der Waals surface area contributed by atoms with Crippen LogP contribution in [0.5, 0.6) is 0 Å². The Labute approximate surface area is 126 Å². The van der Waals surface area contributed by atoms with Gasteiger partial charge in [-0.3, -0.25) is 0 Å². The average Bonchev–Trinajstić information content (AvgIpc) is 2.76. The molecule has 0 unspecified atom stereocenters. The Kier molecular flexibility index (Phi) is 5.60. The van der Waals surface area contributed by atoms with Crippen LogP contribution in [0.4, 0.5) is 4.39 Å². The molecule has 0 amide bonds. The van der Waals surface area contributed by atoms with Gasteiger partial charge in [-0.2, -0.15) is 0 Å². The molecule has 0 spiro atoms. The lowest BCUT2D eigenvalue weighted by molar-refractivity contribution is 0.0667. The quantitative estimate of drug-likeness (QED) is 0.580. The van der Waals surface area contributed by atoms with Gasteiger partial charge in [0.1, 0.15) is 11.6 Å². The predicted octanol–water partition coefficient (Wildman–Crippen LogP) is 3.23. The van der Waals surface area contributed by atoms with Gasteiger partial charge in [-0.05, 0) is 6.07 Å². The third-order valence-electron chi connectivity index (χ3n) is 2.88. The van der Waals surface area contributed by atoms with Gasteiger partial charge in [0.15, 0.2) is 0 Å². The highest BCUT2D eigenvalue weighted by molar-refractivity contribution is 6.31. The number of nitrogens with zero attached hydrogens (tertiary/aromatic N) is 2. The molecule has 0 aliphatic carbocycles. The summed E-state index contributed by atoms with van der Waals surface area (Å²) in [5.74, 6) is 0.437. The molecule has 1 heterocycles. The van der Waals surface area contributed by atoms with Gasteiger partial charge in [0.2, 0.25) is 0 Å². The van der Waals surface area contributed by atoms with Gasteiger partial charge in [0.25, 0.3) is 0 Å². The average molecular weight is 321 g/mol. The lowest BCUT2D eigenvalue weighted by Crippen LogP contribution is -2.11. The van der Waals surface area contributed by atoms with Crippen LogP contribution in [0.15, 0.2) is 12.1 Å². The van der Waals surface area contributed by atoms with E-state index in [4.69, 9.17) is 32.7 Å². The Bertz CT molecular complexity index is 589. The Balaban J connectivity index is 2.19. The monoisotopic (exact) mass is 320 g/mol. The van der Waals surface area contributed by atoms with Gasteiger partial charge < -0.3 is 14.0 Å². The minimum Gasteiger partial charge on any atom is -0.382 e. The molecule has 110 valence electrons. The van der Waals surface area contributed by atoms with Gasteiger partial charge in [-0.1, -0.05) is 11.6 Å². The van der Waals surface area contributed by atoms with Crippen molar-refractivity contribution < 1.29 is 13.9 Å². The van der Waals surface area contributed by atoms with E-state index in [1.807, 2.05) is 4.57 Å². The molecule has 7 heteroatoms. The first-order chi connectivity index (χ1) is 9.67. The molecule has 0 aliphatic heterocycles. The third-order valence-corrected chi connectivity index (χ3v) is 3.41. The fraction of sp³-hybridized carbons (Fsp3) is 0.462. The first-order valence-corrected chi connectivity index (χ1v) is 7.05. The van der Waals surface area contributed by atoms with Crippen LogP contribution in [0.2, 0.25) is 5.02 Å². The van der Waals surface area contributed by atoms with E-state index in [9.17, 15) is 4.39 Å². The summed E-state index contributed by atoms with van der Waals surface area (Å²) in [7, 11) is 1.62. The molecule has 2 aromatic rings. The van der Waals surface area contributed by atoms with E-state index >= 15 is 0 Å². The van der Waals surface area contributed by atoms with Crippen molar-refractivity contribution in [3.05, 3.63) is 28.8 Å². The van der Waals surface area contributed by atoms with E-state index in [2.05, 4.69) is 4.98 Å². The maximum Gasteiger partial charge on any atom is 0.144 e. The first kappa shape index (κ1) is 15.5. The van der Waals surface area contributed by atoms with Crippen LogP contribution < -0.4 is 0 Å². The van der Waals surface area contributed by atoms with Crippen LogP contribution in [-0.4, -0.2) is 36.5 Å². The highest BCUT2D eigenvalue weighted by Gasteiger charge is 2.12. The standard InChI is InChI=1S/C13H15Cl2FN2O2/c1-19-4-5-20-3-2-18-12-7-10(16)9(15)6-11(12)17-13(18)8-14/h6-7H,2-5,8H2,1H3. The van der Waals surface area contributed by atoms with E-state index in [1.165, 1.54) is 12.1 Å². The van der Waals surface area contributed by atoms with Gasteiger partial charge >= 0.3 is 0 Å². The molecule has 0 N–H and O–H groups in total. The fourth-order valence-electron chi connectivity index (χ4n) is 1.92. The molecule has 0 aliphatic rings. The van der Waals surface area contributed by atoms with Crippen LogP contribution in [0, 0.1) is 5.82 Å². The van der Waals surface area contributed by atoms with Crippen LogP contribution in [-0.2, 0) is 21.9 Å². The summed E-state index contributed by atoms with van der Waals surface area (Å²) in [5.41, 5.74) is 1.29. The summed E-state index contributed by atoms with van der Waals surface area (Å²) in [6.07, 6.45) is 0. The number of imidazole rings is 1. The molecule has 0 saturated heterocycles. The molecule has 1 aromatic heterocycles. The zero-order chi connectivity index (χ0) is 14.5. The third kappa shape index (κ3) is 3.41. The van der Waals surface area contributed by atoms with Crippen LogP contribution in [0.1, 0.15) is 5.82 Å². The van der Waals surface area contributed by atoms with E-state index in [-0.39, 0.29) is 10.9 Å². The smallest absolute Gasteiger partial charge is 0.144 e. The van der Waals surface area contributed by atoms with E-state index in [0.29, 0.717) is 43.2 Å². The summed E-state index contributed by atoms with van der Waals surface area (Å²) in [6, 6.07) is 2.88. The number of benzene rings is 1. The van der Waals surface area contributed by atoms with Gasteiger partial charge in [0, 0.05) is 19.7 Å². The first-order valence-electron chi connectivity index (χ1n) is 6.14. The Hall–Kier alpha value is -0.880. The van der Waals surface area contributed by atoms with Crippen molar-refractivity contribution in [1.29, 1.82) is 0 Å². The number of methoxy groups -OCH3 is 1. The Morgan fingerprint density at radius 3 is 2.80 bits per heavy atom. The molecule has 4 nitrogen and oxygen atoms in total. The van der Waals surface area contributed by atoms with Gasteiger partial charge in [-0.15, -0.1) is 11.6 Å². The van der Waals surface area contributed by atoms with E-state index in [1.54, 1.807) is 7.11 Å². The zero-order valence-electron chi connectivity index (χ0n) is 11.0. The molecule has 0 atom stereocenters. The van der Waals surface area contributed by atoms with Crippen molar-refractivity contribution in [1.82, 2.24) is 9.55 Å². The number of hydrogen-bond acceptors (Lipinski definition) is 3. The van der Waals surface area contributed by atoms with Crippen molar-refractivity contribution in [3.63, 3.8) is 0 Å². The number of alkyl halides is 1. The number of fused-ring (bicyclic) bond motifs is 1. The molecule has 0 saturated carbocycles. The van der Waals surface area contributed by atoms with Crippen LogP contribution in [0.25, 0.3) is 11.0 Å². The van der Waals surface area contributed by atoms with Crippen molar-refractivity contribution in [2.45, 2.75) is 12.4 Å². The summed E-state index contributed by atoms with van der Waals surface area (Å²) >= 11 is 11.6. The zero-order valence-corrected chi connectivity index (χ0v) is 12.5. The molecule has 1 aromatic carbocycles. The summed E-state index contributed by atoms with van der Waals surface area (Å²) < 4.78 is 25.7. The number of hydrogen-bond donors (Lipinski definition) is 0. The highest BCUT2D eigenvalue weighted by Crippen LogP contribution is 2.24. The van der Waals surface area contributed by atoms with Crippen LogP contribution in [0.3, 0.4) is 0 Å². The summed E-state index contributed by atoms with van der Waals surface area (Å²) in [4.78, 5) is 4.35. The van der Waals surface area contributed by atoms with Gasteiger partial charge in [-0.25, -0.2) is 9.37 Å². The second-order valence-corrected chi connectivity index (χ2v) is 4.85. The maximum absolute atomic E-state index is 13.6. The molecule has 0 fully saturated rings. The molecular formula is C13H15Cl2FN2O2. The SMILES string of the molecule is COCCOCCn1c(CCl)nc2cc(Cl)c(F)cc21. The number of rotatable bonds is 7. The van der Waals surface area contributed by atoms with Crippen molar-refractivity contribution in [2.75, 3.05) is 26.9 Å². The minimum atomic E-state index is -0.471. The lowest BCUT2D eigenvalue weighted by atomic mass is 10.3. The maximum atomic E-state index is 13.6. The molecular weight excluding hydrogens is 306 g/mol. The van der Waals surface area contributed by atoms with Crippen molar-refractivity contribution >= 4 is 34.2 Å². The highest BCUT2D eigenvalue weighted by atomic mass is 35.5. The number of ether oxygens (including phenoxy) is 2. The van der Waals surface area contributed by atoms with E-state index < -0.39 is 5.82 Å². The van der Waals surface area contributed by atoms with Gasteiger partial charge in [0.05, 0.1) is 41.8 Å². The van der Waals surface area contributed by atoms with Crippen molar-refractivity contribution in [3.8, 4) is 0 Å². The predicted molar refractivity (Wildman–Crippen MR) is 77.0 cm³/mol. The van der Waals surface area contributed by atoms with E-state index in [0.717, 1.165) is 0 Å². The number of halogens is 3. The Morgan fingerprint density at radius 2 is 2.10 bits per heavy atom. The largest absolute Gasteiger partial charge is 0.382 e. The topological polar surface area (TPSA) is 36.3 Å². The fourth-order valence-corrected chi connectivity index (χ4v) is 2.28. The minimum absolute atomic E-state index is 0.0552. The normalized spacial score (nSPS) is 11.4. The van der Waals surface area contributed by atoms with Crippen LogP contribution >= 0.6 is 23.2 Å². The second-order valence-electron chi connectivity index (χ2n) is 4.17. The number of aromatic nitrogens is 2. The summed E-state index contributed by atoms with van der Waals surface area (Å²) in [5, 5.41) is 0.0552. The summed E-state index contributed by atoms with van der Waals surface area (Å²) in [6.45, 7) is 2.07. The van der Waals surface area contributed by atoms with Crippen molar-refractivity contribution in [2.24, 2.45) is 0 Å². The molecule has 20 heavy (non-hydrogen) atoms. The lowest BCUT2D eigenvalue weighted by Gasteiger charge is -2.08.